The van der Waals surface area contributed by atoms with Gasteiger partial charge in [-0.1, -0.05) is 24.4 Å². The number of carbonyl (C=O) groups is 2. The van der Waals surface area contributed by atoms with Crippen LogP contribution in [0.3, 0.4) is 0 Å². The van der Waals surface area contributed by atoms with Crippen molar-refractivity contribution in [2.24, 2.45) is 0 Å². The Kier molecular flexibility index (Phi) is 6.04. The minimum Gasteiger partial charge on any atom is -0.465 e. The topological polar surface area (TPSA) is 90.3 Å². The van der Waals surface area contributed by atoms with Gasteiger partial charge >= 0.3 is 5.97 Å². The second-order valence-electron chi connectivity index (χ2n) is 7.52. The Balaban J connectivity index is 1.65. The second-order valence-corrected chi connectivity index (χ2v) is 7.93. The molecule has 8 heteroatoms. The summed E-state index contributed by atoms with van der Waals surface area (Å²) in [7, 11) is 1.26. The van der Waals surface area contributed by atoms with Crippen molar-refractivity contribution >= 4 is 40.1 Å². The van der Waals surface area contributed by atoms with Crippen molar-refractivity contribution in [3.63, 3.8) is 0 Å². The highest BCUT2D eigenvalue weighted by atomic mass is 35.5. The zero-order chi connectivity index (χ0) is 22.0. The molecule has 1 amide bonds. The molecule has 7 nitrogen and oxygen atoms in total. The number of rotatable bonds is 3. The van der Waals surface area contributed by atoms with Gasteiger partial charge in [0, 0.05) is 24.2 Å². The van der Waals surface area contributed by atoms with Crippen LogP contribution >= 0.6 is 11.6 Å². The smallest absolute Gasteiger partial charge is 0.339 e. The van der Waals surface area contributed by atoms with Gasteiger partial charge in [-0.2, -0.15) is 0 Å². The van der Waals surface area contributed by atoms with Crippen LogP contribution in [0, 0.1) is 0 Å². The molecule has 0 spiro atoms. The Morgan fingerprint density at radius 1 is 1.10 bits per heavy atom. The summed E-state index contributed by atoms with van der Waals surface area (Å²) in [6, 6.07) is 9.45. The zero-order valence-electron chi connectivity index (χ0n) is 17.1. The number of hydrogen-bond donors (Lipinski definition) is 1. The molecule has 4 rings (SSSR count). The Bertz CT molecular complexity index is 1240. The average Bonchev–Trinajstić information content (AvgIpc) is 2.75. The zero-order valence-corrected chi connectivity index (χ0v) is 17.9. The van der Waals surface area contributed by atoms with E-state index in [1.54, 1.807) is 28.8 Å². The number of halogens is 1. The van der Waals surface area contributed by atoms with E-state index in [-0.39, 0.29) is 22.1 Å². The van der Waals surface area contributed by atoms with Gasteiger partial charge in [-0.15, -0.1) is 0 Å². The number of esters is 1. The number of aryl methyl sites for hydroxylation is 1. The molecule has 0 fully saturated rings. The fraction of sp³-hybridized carbons (Fsp3) is 0.304. The number of nitrogens with one attached hydrogen (secondary N) is 1. The van der Waals surface area contributed by atoms with E-state index in [0.29, 0.717) is 28.7 Å². The molecule has 0 saturated heterocycles. The molecule has 1 aliphatic heterocycles. The molecule has 1 aromatic heterocycles. The monoisotopic (exact) mass is 439 g/mol. The van der Waals surface area contributed by atoms with E-state index in [4.69, 9.17) is 21.3 Å². The predicted octanol–water partition coefficient (Wildman–Crippen LogP) is 4.21. The predicted molar refractivity (Wildman–Crippen MR) is 119 cm³/mol. The first-order valence-corrected chi connectivity index (χ1v) is 10.6. The summed E-state index contributed by atoms with van der Waals surface area (Å²) in [6.07, 6.45) is 4.96. The highest BCUT2D eigenvalue weighted by Crippen LogP contribution is 2.22. The maximum atomic E-state index is 12.9. The maximum Gasteiger partial charge on any atom is 0.339 e. The lowest BCUT2D eigenvalue weighted by atomic mass is 10.1. The summed E-state index contributed by atoms with van der Waals surface area (Å²) in [5.41, 5.74) is 1.38. The first-order chi connectivity index (χ1) is 15.0. The van der Waals surface area contributed by atoms with Crippen LogP contribution in [-0.4, -0.2) is 28.5 Å². The lowest BCUT2D eigenvalue weighted by molar-refractivity contribution is 0.0600. The van der Waals surface area contributed by atoms with Crippen LogP contribution in [0.5, 0.6) is 0 Å². The van der Waals surface area contributed by atoms with E-state index in [2.05, 4.69) is 5.32 Å². The minimum atomic E-state index is -0.590. The van der Waals surface area contributed by atoms with E-state index >= 15 is 0 Å². The standard InChI is InChI=1S/C23H22ClN3O4/c1-31-23(30)17-13-15(8-10-18(17)24)25-21(28)14-7-9-16-19(12-14)26-20-6-4-2-3-5-11-27(20)22(16)29/h7-10,12-13H,2-6,11H2,1H3,(H,25,28). The largest absolute Gasteiger partial charge is 0.465 e. The van der Waals surface area contributed by atoms with Gasteiger partial charge in [-0.25, -0.2) is 9.78 Å². The number of aromatic nitrogens is 2. The van der Waals surface area contributed by atoms with Gasteiger partial charge in [-0.05, 0) is 49.2 Å². The number of amides is 1. The Hall–Kier alpha value is -3.19. The molecule has 0 saturated carbocycles. The number of carbonyl (C=O) groups excluding carboxylic acids is 2. The third kappa shape index (κ3) is 4.32. The number of anilines is 1. The van der Waals surface area contributed by atoms with Gasteiger partial charge in [0.15, 0.2) is 0 Å². The van der Waals surface area contributed by atoms with Crippen molar-refractivity contribution in [3.05, 3.63) is 68.7 Å². The van der Waals surface area contributed by atoms with Crippen molar-refractivity contribution in [1.29, 1.82) is 0 Å². The van der Waals surface area contributed by atoms with Gasteiger partial charge in [0.1, 0.15) is 5.82 Å². The summed E-state index contributed by atoms with van der Waals surface area (Å²) in [5, 5.41) is 3.48. The number of fused-ring (bicyclic) bond motifs is 2. The number of methoxy groups -OCH3 is 1. The van der Waals surface area contributed by atoms with Crippen molar-refractivity contribution in [1.82, 2.24) is 9.55 Å². The molecule has 2 heterocycles. The summed E-state index contributed by atoms with van der Waals surface area (Å²) >= 11 is 6.03. The third-order valence-electron chi connectivity index (χ3n) is 5.46. The van der Waals surface area contributed by atoms with Crippen molar-refractivity contribution < 1.29 is 14.3 Å². The first-order valence-electron chi connectivity index (χ1n) is 10.2. The third-order valence-corrected chi connectivity index (χ3v) is 5.79. The van der Waals surface area contributed by atoms with Crippen LogP contribution in [0.4, 0.5) is 5.69 Å². The molecule has 3 aromatic rings. The molecule has 0 radical (unpaired) electrons. The number of nitrogens with zero attached hydrogens (tertiary/aromatic N) is 2. The van der Waals surface area contributed by atoms with Crippen LogP contribution in [0.25, 0.3) is 10.9 Å². The molecule has 0 unspecified atom stereocenters. The van der Waals surface area contributed by atoms with E-state index < -0.39 is 5.97 Å². The quantitative estimate of drug-likeness (QED) is 0.617. The molecule has 31 heavy (non-hydrogen) atoms. The van der Waals surface area contributed by atoms with Crippen LogP contribution < -0.4 is 10.9 Å². The van der Waals surface area contributed by atoms with E-state index in [0.717, 1.165) is 37.9 Å². The van der Waals surface area contributed by atoms with Crippen molar-refractivity contribution in [3.8, 4) is 0 Å². The Labute approximate surface area is 184 Å². The summed E-state index contributed by atoms with van der Waals surface area (Å²) in [6.45, 7) is 0.679. The van der Waals surface area contributed by atoms with Gasteiger partial charge < -0.3 is 10.1 Å². The molecule has 1 aliphatic rings. The minimum absolute atomic E-state index is 0.0609. The van der Waals surface area contributed by atoms with Gasteiger partial charge in [-0.3, -0.25) is 14.2 Å². The van der Waals surface area contributed by atoms with Crippen LogP contribution in [0.2, 0.25) is 5.02 Å². The fourth-order valence-corrected chi connectivity index (χ4v) is 4.00. The van der Waals surface area contributed by atoms with E-state index in [1.807, 2.05) is 0 Å². The van der Waals surface area contributed by atoms with Crippen molar-refractivity contribution in [2.45, 2.75) is 38.6 Å². The lowest BCUT2D eigenvalue weighted by Gasteiger charge is -2.16. The molecule has 0 atom stereocenters. The molecular formula is C23H22ClN3O4. The van der Waals surface area contributed by atoms with E-state index in [1.165, 1.54) is 19.2 Å². The SMILES string of the molecule is COC(=O)c1cc(NC(=O)c2ccc3c(=O)n4c(nc3c2)CCCCCC4)ccc1Cl. The van der Waals surface area contributed by atoms with Crippen LogP contribution in [0.1, 0.15) is 52.2 Å². The highest BCUT2D eigenvalue weighted by molar-refractivity contribution is 6.33. The van der Waals surface area contributed by atoms with Gasteiger partial charge in [0.2, 0.25) is 0 Å². The van der Waals surface area contributed by atoms with Crippen LogP contribution in [-0.2, 0) is 17.7 Å². The first kappa shape index (κ1) is 21.1. The molecule has 160 valence electrons. The lowest BCUT2D eigenvalue weighted by Crippen LogP contribution is -2.26. The summed E-state index contributed by atoms with van der Waals surface area (Å²) in [5.74, 6) is -0.197. The average molecular weight is 440 g/mol. The van der Waals surface area contributed by atoms with E-state index in [9.17, 15) is 14.4 Å². The Morgan fingerprint density at radius 2 is 1.90 bits per heavy atom. The molecule has 2 aromatic carbocycles. The summed E-state index contributed by atoms with van der Waals surface area (Å²) in [4.78, 5) is 42.3. The number of hydrogen-bond acceptors (Lipinski definition) is 5. The Morgan fingerprint density at radius 3 is 2.71 bits per heavy atom. The number of benzene rings is 2. The summed E-state index contributed by atoms with van der Waals surface area (Å²) < 4.78 is 6.47. The number of ether oxygens (including phenoxy) is 1. The molecule has 0 aliphatic carbocycles. The highest BCUT2D eigenvalue weighted by Gasteiger charge is 2.16. The van der Waals surface area contributed by atoms with Gasteiger partial charge in [0.05, 0.1) is 28.6 Å². The molecule has 0 bridgehead atoms. The second kappa shape index (κ2) is 8.89. The van der Waals surface area contributed by atoms with Gasteiger partial charge in [0.25, 0.3) is 11.5 Å². The maximum absolute atomic E-state index is 12.9. The fourth-order valence-electron chi connectivity index (χ4n) is 3.81. The van der Waals surface area contributed by atoms with Crippen LogP contribution in [0.15, 0.2) is 41.2 Å². The normalized spacial score (nSPS) is 13.7. The molecular weight excluding hydrogens is 418 g/mol. The molecule has 1 N–H and O–H groups in total. The van der Waals surface area contributed by atoms with Crippen molar-refractivity contribution in [2.75, 3.05) is 12.4 Å².